The lowest BCUT2D eigenvalue weighted by Gasteiger charge is -2.39. The Morgan fingerprint density at radius 2 is 2.08 bits per heavy atom. The van der Waals surface area contributed by atoms with Gasteiger partial charge in [-0.15, -0.1) is 0 Å². The molecule has 5 nitrogen and oxygen atoms in total. The summed E-state index contributed by atoms with van der Waals surface area (Å²) in [6.07, 6.45) is 0.679. The van der Waals surface area contributed by atoms with Crippen molar-refractivity contribution in [1.82, 2.24) is 9.80 Å². The van der Waals surface area contributed by atoms with Crippen LogP contribution in [0.1, 0.15) is 43.5 Å². The number of hydrogen-bond acceptors (Lipinski definition) is 4. The van der Waals surface area contributed by atoms with Crippen molar-refractivity contribution >= 4 is 17.7 Å². The predicted octanol–water partition coefficient (Wildman–Crippen LogP) is 3.64. The number of hydrogen-bond donors (Lipinski definition) is 0. The number of ether oxygens (including phenoxy) is 2. The molecule has 2 heterocycles. The predicted molar refractivity (Wildman–Crippen MR) is 98.0 cm³/mol. The number of carbonyl (C=O) groups excluding carboxylic acids is 1. The number of rotatable bonds is 1. The molecule has 0 aromatic heterocycles. The van der Waals surface area contributed by atoms with Gasteiger partial charge in [-0.2, -0.15) is 0 Å². The molecule has 0 N–H and O–H groups in total. The molecule has 1 saturated heterocycles. The number of amides is 1. The molecule has 1 atom stereocenters. The maximum atomic E-state index is 12.7. The largest absolute Gasteiger partial charge is 0.444 e. The Bertz CT molecular complexity index is 657. The summed E-state index contributed by atoms with van der Waals surface area (Å²) in [6.45, 7) is 9.05. The monoisotopic (exact) mass is 366 g/mol. The summed E-state index contributed by atoms with van der Waals surface area (Å²) in [4.78, 5) is 16.8. The molecule has 1 aromatic carbocycles. The molecule has 25 heavy (non-hydrogen) atoms. The molecule has 0 aliphatic carbocycles. The molecule has 2 aliphatic heterocycles. The number of carbonyl (C=O) groups is 1. The van der Waals surface area contributed by atoms with Crippen LogP contribution in [-0.2, 0) is 22.4 Å². The highest BCUT2D eigenvalue weighted by atomic mass is 35.5. The van der Waals surface area contributed by atoms with E-state index in [1.54, 1.807) is 4.90 Å². The minimum atomic E-state index is -0.520. The van der Waals surface area contributed by atoms with Crippen molar-refractivity contribution in [2.24, 2.45) is 0 Å². The molecular formula is C19H27ClN2O3. The number of benzene rings is 1. The van der Waals surface area contributed by atoms with E-state index < -0.39 is 5.60 Å². The van der Waals surface area contributed by atoms with Gasteiger partial charge in [0.1, 0.15) is 5.60 Å². The summed E-state index contributed by atoms with van der Waals surface area (Å²) in [7, 11) is 2.12. The quantitative estimate of drug-likeness (QED) is 0.761. The van der Waals surface area contributed by atoms with E-state index in [0.29, 0.717) is 24.8 Å². The minimum Gasteiger partial charge on any atom is -0.444 e. The fraction of sp³-hybridized carbons (Fsp3) is 0.632. The van der Waals surface area contributed by atoms with Crippen molar-refractivity contribution in [3.63, 3.8) is 0 Å². The molecule has 2 aliphatic rings. The first-order chi connectivity index (χ1) is 11.7. The summed E-state index contributed by atoms with van der Waals surface area (Å²) >= 11 is 6.38. The van der Waals surface area contributed by atoms with E-state index in [2.05, 4.69) is 18.0 Å². The SMILES string of the molecule is CN1CCc2cc(Cl)cc([C@@H]3COCCN3C(=O)OC(C)(C)C)c2C1. The van der Waals surface area contributed by atoms with Crippen molar-refractivity contribution in [3.05, 3.63) is 33.8 Å². The van der Waals surface area contributed by atoms with Crippen molar-refractivity contribution in [2.75, 3.05) is 33.4 Å². The Hall–Kier alpha value is -1.30. The number of nitrogens with zero attached hydrogens (tertiary/aromatic N) is 2. The Labute approximate surface area is 154 Å². The van der Waals surface area contributed by atoms with Crippen LogP contribution >= 0.6 is 11.6 Å². The first kappa shape index (κ1) is 18.5. The van der Waals surface area contributed by atoms with Gasteiger partial charge in [-0.25, -0.2) is 4.79 Å². The molecule has 1 aromatic rings. The van der Waals surface area contributed by atoms with Gasteiger partial charge in [-0.1, -0.05) is 11.6 Å². The third kappa shape index (κ3) is 4.27. The lowest BCUT2D eigenvalue weighted by Crippen LogP contribution is -2.46. The summed E-state index contributed by atoms with van der Waals surface area (Å²) in [5.74, 6) is 0. The standard InChI is InChI=1S/C19H27ClN2O3/c1-19(2,3)25-18(23)22-7-8-24-12-17(22)15-10-14(20)9-13-5-6-21(4)11-16(13)15/h9-10,17H,5-8,11-12H2,1-4H3/t17-/m0/s1. The second kappa shape index (κ2) is 7.14. The first-order valence-electron chi connectivity index (χ1n) is 8.82. The normalized spacial score (nSPS) is 21.8. The zero-order valence-corrected chi connectivity index (χ0v) is 16.2. The van der Waals surface area contributed by atoms with Crippen LogP contribution in [0.5, 0.6) is 0 Å². The molecule has 0 saturated carbocycles. The topological polar surface area (TPSA) is 42.0 Å². The zero-order valence-electron chi connectivity index (χ0n) is 15.5. The molecule has 0 spiro atoms. The molecule has 0 radical (unpaired) electrons. The Morgan fingerprint density at radius 1 is 1.32 bits per heavy atom. The second-order valence-electron chi connectivity index (χ2n) is 7.88. The van der Waals surface area contributed by atoms with Gasteiger partial charge in [0, 0.05) is 24.7 Å². The molecule has 1 fully saturated rings. The maximum absolute atomic E-state index is 12.7. The van der Waals surface area contributed by atoms with Crippen LogP contribution in [0.15, 0.2) is 12.1 Å². The van der Waals surface area contributed by atoms with Crippen LogP contribution in [-0.4, -0.2) is 54.8 Å². The highest BCUT2D eigenvalue weighted by molar-refractivity contribution is 6.30. The van der Waals surface area contributed by atoms with E-state index in [0.717, 1.165) is 25.1 Å². The van der Waals surface area contributed by atoms with Gasteiger partial charge in [0.15, 0.2) is 0 Å². The van der Waals surface area contributed by atoms with Gasteiger partial charge in [-0.05, 0) is 63.1 Å². The van der Waals surface area contributed by atoms with Gasteiger partial charge in [0.2, 0.25) is 0 Å². The van der Waals surface area contributed by atoms with Crippen LogP contribution in [0.4, 0.5) is 4.79 Å². The van der Waals surface area contributed by atoms with Gasteiger partial charge in [-0.3, -0.25) is 4.90 Å². The van der Waals surface area contributed by atoms with Crippen molar-refractivity contribution < 1.29 is 14.3 Å². The lowest BCUT2D eigenvalue weighted by molar-refractivity contribution is -0.0334. The molecule has 3 rings (SSSR count). The molecule has 1 amide bonds. The van der Waals surface area contributed by atoms with Crippen molar-refractivity contribution in [1.29, 1.82) is 0 Å². The van der Waals surface area contributed by atoms with E-state index in [9.17, 15) is 4.79 Å². The van der Waals surface area contributed by atoms with Crippen molar-refractivity contribution in [2.45, 2.75) is 45.4 Å². The van der Waals surface area contributed by atoms with Crippen LogP contribution < -0.4 is 0 Å². The van der Waals surface area contributed by atoms with Gasteiger partial charge in [0.25, 0.3) is 0 Å². The molecular weight excluding hydrogens is 340 g/mol. The summed E-state index contributed by atoms with van der Waals surface area (Å²) in [6, 6.07) is 3.87. The zero-order chi connectivity index (χ0) is 18.2. The van der Waals surface area contributed by atoms with E-state index >= 15 is 0 Å². The molecule has 138 valence electrons. The Kier molecular flexibility index (Phi) is 5.28. The first-order valence-corrected chi connectivity index (χ1v) is 9.19. The minimum absolute atomic E-state index is 0.164. The van der Waals surface area contributed by atoms with Crippen LogP contribution in [0.2, 0.25) is 5.02 Å². The highest BCUT2D eigenvalue weighted by Gasteiger charge is 2.34. The fourth-order valence-corrected chi connectivity index (χ4v) is 3.74. The average Bonchev–Trinajstić information content (AvgIpc) is 2.53. The number of halogens is 1. The number of fused-ring (bicyclic) bond motifs is 1. The van der Waals surface area contributed by atoms with Crippen LogP contribution in [0, 0.1) is 0 Å². The van der Waals surface area contributed by atoms with Gasteiger partial charge >= 0.3 is 6.09 Å². The summed E-state index contributed by atoms with van der Waals surface area (Å²) < 4.78 is 11.3. The maximum Gasteiger partial charge on any atom is 0.410 e. The van der Waals surface area contributed by atoms with E-state index in [-0.39, 0.29) is 12.1 Å². The van der Waals surface area contributed by atoms with E-state index in [1.165, 1.54) is 11.1 Å². The number of likely N-dealkylation sites (N-methyl/N-ethyl adjacent to an activating group) is 1. The molecule has 0 bridgehead atoms. The molecule has 0 unspecified atom stereocenters. The Morgan fingerprint density at radius 3 is 2.80 bits per heavy atom. The lowest BCUT2D eigenvalue weighted by atomic mass is 9.90. The average molecular weight is 367 g/mol. The third-order valence-corrected chi connectivity index (χ3v) is 4.87. The van der Waals surface area contributed by atoms with Crippen LogP contribution in [0.3, 0.4) is 0 Å². The van der Waals surface area contributed by atoms with Gasteiger partial charge < -0.3 is 14.4 Å². The third-order valence-electron chi connectivity index (χ3n) is 4.65. The summed E-state index contributed by atoms with van der Waals surface area (Å²) in [5, 5.41) is 0.716. The molecule has 6 heteroatoms. The van der Waals surface area contributed by atoms with E-state index in [4.69, 9.17) is 21.1 Å². The highest BCUT2D eigenvalue weighted by Crippen LogP contribution is 2.34. The fourth-order valence-electron chi connectivity index (χ4n) is 3.49. The van der Waals surface area contributed by atoms with Crippen molar-refractivity contribution in [3.8, 4) is 0 Å². The number of morpholine rings is 1. The van der Waals surface area contributed by atoms with E-state index in [1.807, 2.05) is 26.8 Å². The smallest absolute Gasteiger partial charge is 0.410 e. The Balaban J connectivity index is 1.95. The van der Waals surface area contributed by atoms with Crippen LogP contribution in [0.25, 0.3) is 0 Å². The summed E-state index contributed by atoms with van der Waals surface area (Å²) in [5.41, 5.74) is 3.10. The van der Waals surface area contributed by atoms with Gasteiger partial charge in [0.05, 0.1) is 19.3 Å². The second-order valence-corrected chi connectivity index (χ2v) is 8.32.